The summed E-state index contributed by atoms with van der Waals surface area (Å²) in [4.78, 5) is 41.3. The van der Waals surface area contributed by atoms with E-state index in [2.05, 4.69) is 44.0 Å². The number of barbiturate groups is 1. The highest BCUT2D eigenvalue weighted by atomic mass is 19.1. The normalized spacial score (nSPS) is 21.3. The first kappa shape index (κ1) is 22.7. The Morgan fingerprint density at radius 3 is 2.58 bits per heavy atom. The lowest BCUT2D eigenvalue weighted by Crippen LogP contribution is -2.54. The van der Waals surface area contributed by atoms with E-state index in [-0.39, 0.29) is 16.8 Å². The van der Waals surface area contributed by atoms with E-state index in [9.17, 15) is 18.8 Å². The molecule has 1 saturated heterocycles. The van der Waals surface area contributed by atoms with Crippen LogP contribution in [0.5, 0.6) is 0 Å². The van der Waals surface area contributed by atoms with E-state index in [1.807, 2.05) is 13.0 Å². The molecule has 0 aliphatic carbocycles. The number of urea groups is 1. The van der Waals surface area contributed by atoms with Crippen molar-refractivity contribution in [3.05, 3.63) is 64.5 Å². The number of benzene rings is 2. The maximum atomic E-state index is 13.7. The summed E-state index contributed by atoms with van der Waals surface area (Å²) < 4.78 is 13.7. The average Bonchev–Trinajstić information content (AvgIpc) is 2.71. The number of hydrogen-bond acceptors (Lipinski definition) is 4. The van der Waals surface area contributed by atoms with Gasteiger partial charge in [0.25, 0.3) is 11.8 Å². The number of imide groups is 2. The average molecular weight is 450 g/mol. The molecule has 0 aromatic heterocycles. The summed E-state index contributed by atoms with van der Waals surface area (Å²) in [6.45, 7) is 11.6. The first-order valence-corrected chi connectivity index (χ1v) is 11.1. The van der Waals surface area contributed by atoms with Crippen LogP contribution in [0.4, 0.5) is 20.6 Å². The number of carbonyl (C=O) groups excluding carboxylic acids is 3. The maximum Gasteiger partial charge on any atom is 0.335 e. The van der Waals surface area contributed by atoms with E-state index in [0.717, 1.165) is 46.3 Å². The molecule has 6 nitrogen and oxygen atoms in total. The van der Waals surface area contributed by atoms with Gasteiger partial charge in [-0.2, -0.15) is 0 Å². The van der Waals surface area contributed by atoms with E-state index in [0.29, 0.717) is 5.92 Å². The predicted molar refractivity (Wildman–Crippen MR) is 127 cm³/mol. The quantitative estimate of drug-likeness (QED) is 0.534. The Kier molecular flexibility index (Phi) is 5.60. The topological polar surface area (TPSA) is 69.7 Å². The molecule has 0 unspecified atom stereocenters. The number of aryl methyl sites for hydroxylation is 1. The molecule has 2 aromatic carbocycles. The largest absolute Gasteiger partial charge is 0.366 e. The van der Waals surface area contributed by atoms with Crippen molar-refractivity contribution in [3.63, 3.8) is 0 Å². The van der Waals surface area contributed by atoms with Gasteiger partial charge in [0.15, 0.2) is 0 Å². The van der Waals surface area contributed by atoms with Crippen LogP contribution in [0.2, 0.25) is 0 Å². The number of halogens is 1. The van der Waals surface area contributed by atoms with E-state index >= 15 is 0 Å². The molecule has 2 heterocycles. The van der Waals surface area contributed by atoms with Gasteiger partial charge in [-0.3, -0.25) is 14.9 Å². The van der Waals surface area contributed by atoms with Crippen LogP contribution in [0.15, 0.2) is 42.0 Å². The number of hydrogen-bond donors (Lipinski definition) is 1. The summed E-state index contributed by atoms with van der Waals surface area (Å²) in [7, 11) is 0. The van der Waals surface area contributed by atoms with Crippen molar-refractivity contribution in [1.82, 2.24) is 5.32 Å². The number of nitrogens with zero attached hydrogens (tertiary/aromatic N) is 2. The number of fused-ring (bicyclic) bond motifs is 1. The van der Waals surface area contributed by atoms with Gasteiger partial charge in [-0.1, -0.05) is 13.0 Å². The zero-order valence-electron chi connectivity index (χ0n) is 19.5. The van der Waals surface area contributed by atoms with Crippen LogP contribution in [0.25, 0.3) is 6.08 Å². The minimum absolute atomic E-state index is 0.0264. The highest BCUT2D eigenvalue weighted by Crippen LogP contribution is 2.44. The third-order valence-electron chi connectivity index (χ3n) is 6.56. The second kappa shape index (κ2) is 8.14. The molecule has 0 bridgehead atoms. The number of carbonyl (C=O) groups is 3. The van der Waals surface area contributed by atoms with Crippen LogP contribution >= 0.6 is 0 Å². The maximum absolute atomic E-state index is 13.7. The fourth-order valence-corrected chi connectivity index (χ4v) is 5.07. The standard InChI is InChI=1S/C26H28FN3O3/c1-6-29-22-10-15(2)17(11-20(22)16(3)14-26(29,4)5)12-21-23(31)28-25(33)30(24(21)32)19-9-7-8-18(27)13-19/h7-13,16H,6,14H2,1-5H3,(H,28,31,33)/b21-12+/t16-/m1/s1. The van der Waals surface area contributed by atoms with Crippen LogP contribution in [-0.4, -0.2) is 29.9 Å². The Bertz CT molecular complexity index is 1200. The molecule has 7 heteroatoms. The Balaban J connectivity index is 1.78. The molecule has 0 saturated carbocycles. The first-order valence-electron chi connectivity index (χ1n) is 11.1. The summed E-state index contributed by atoms with van der Waals surface area (Å²) in [6, 6.07) is 8.38. The van der Waals surface area contributed by atoms with E-state index in [4.69, 9.17) is 0 Å². The van der Waals surface area contributed by atoms with Crippen LogP contribution in [0.3, 0.4) is 0 Å². The Morgan fingerprint density at radius 2 is 1.91 bits per heavy atom. The molecule has 4 rings (SSSR count). The molecule has 33 heavy (non-hydrogen) atoms. The van der Waals surface area contributed by atoms with Crippen molar-refractivity contribution in [2.75, 3.05) is 16.3 Å². The molecular formula is C26H28FN3O3. The number of rotatable bonds is 3. The number of nitrogens with one attached hydrogen (secondary N) is 1. The molecule has 4 amide bonds. The fraction of sp³-hybridized carbons (Fsp3) is 0.346. The van der Waals surface area contributed by atoms with Gasteiger partial charge in [0.05, 0.1) is 5.69 Å². The third kappa shape index (κ3) is 3.92. The second-order valence-corrected chi connectivity index (χ2v) is 9.37. The van der Waals surface area contributed by atoms with Crippen LogP contribution in [-0.2, 0) is 9.59 Å². The molecule has 172 valence electrons. The highest BCUT2D eigenvalue weighted by molar-refractivity contribution is 6.39. The van der Waals surface area contributed by atoms with Crippen molar-refractivity contribution < 1.29 is 18.8 Å². The Hall–Kier alpha value is -3.48. The zero-order valence-corrected chi connectivity index (χ0v) is 19.5. The lowest BCUT2D eigenvalue weighted by atomic mass is 9.79. The summed E-state index contributed by atoms with van der Waals surface area (Å²) in [6.07, 6.45) is 2.50. The molecule has 2 aromatic rings. The third-order valence-corrected chi connectivity index (χ3v) is 6.56. The van der Waals surface area contributed by atoms with Gasteiger partial charge in [-0.25, -0.2) is 14.1 Å². The van der Waals surface area contributed by atoms with Crippen molar-refractivity contribution in [2.45, 2.75) is 52.5 Å². The molecule has 1 fully saturated rings. The molecular weight excluding hydrogens is 421 g/mol. The van der Waals surface area contributed by atoms with Crippen molar-refractivity contribution >= 4 is 35.3 Å². The molecule has 0 radical (unpaired) electrons. The van der Waals surface area contributed by atoms with Gasteiger partial charge >= 0.3 is 6.03 Å². The number of amides is 4. The molecule has 2 aliphatic rings. The van der Waals surface area contributed by atoms with Gasteiger partial charge in [0.2, 0.25) is 0 Å². The minimum Gasteiger partial charge on any atom is -0.366 e. The summed E-state index contributed by atoms with van der Waals surface area (Å²) in [5, 5.41) is 2.19. The van der Waals surface area contributed by atoms with Gasteiger partial charge in [0.1, 0.15) is 11.4 Å². The monoisotopic (exact) mass is 449 g/mol. The van der Waals surface area contributed by atoms with Crippen LogP contribution < -0.4 is 15.1 Å². The smallest absolute Gasteiger partial charge is 0.335 e. The first-order chi connectivity index (χ1) is 15.5. The second-order valence-electron chi connectivity index (χ2n) is 9.37. The summed E-state index contributed by atoms with van der Waals surface area (Å²) in [5.41, 5.74) is 3.90. The molecule has 2 aliphatic heterocycles. The van der Waals surface area contributed by atoms with Gasteiger partial charge in [0, 0.05) is 17.8 Å². The van der Waals surface area contributed by atoms with Gasteiger partial charge < -0.3 is 4.90 Å². The molecule has 0 spiro atoms. The van der Waals surface area contributed by atoms with Crippen molar-refractivity contribution in [3.8, 4) is 0 Å². The van der Waals surface area contributed by atoms with E-state index in [1.54, 1.807) is 0 Å². The molecule has 1 atom stereocenters. The van der Waals surface area contributed by atoms with E-state index < -0.39 is 23.7 Å². The summed E-state index contributed by atoms with van der Waals surface area (Å²) in [5.74, 6) is -1.83. The summed E-state index contributed by atoms with van der Waals surface area (Å²) >= 11 is 0. The van der Waals surface area contributed by atoms with Crippen molar-refractivity contribution in [1.29, 1.82) is 0 Å². The minimum atomic E-state index is -0.899. The Morgan fingerprint density at radius 1 is 1.18 bits per heavy atom. The van der Waals surface area contributed by atoms with Gasteiger partial charge in [-0.15, -0.1) is 0 Å². The van der Waals surface area contributed by atoms with Crippen LogP contribution in [0, 0.1) is 12.7 Å². The van der Waals surface area contributed by atoms with Gasteiger partial charge in [-0.05, 0) is 93.1 Å². The zero-order chi connectivity index (χ0) is 24.1. The highest BCUT2D eigenvalue weighted by Gasteiger charge is 2.38. The lowest BCUT2D eigenvalue weighted by Gasteiger charge is -2.47. The van der Waals surface area contributed by atoms with E-state index in [1.165, 1.54) is 24.3 Å². The fourth-order valence-electron chi connectivity index (χ4n) is 5.07. The number of anilines is 2. The Labute approximate surface area is 193 Å². The van der Waals surface area contributed by atoms with Crippen LogP contribution in [0.1, 0.15) is 56.7 Å². The lowest BCUT2D eigenvalue weighted by molar-refractivity contribution is -0.122. The predicted octanol–water partition coefficient (Wildman–Crippen LogP) is 4.91. The molecule has 1 N–H and O–H groups in total. The SMILES string of the molecule is CCN1c2cc(C)c(/C=C3\C(=O)NC(=O)N(c4cccc(F)c4)C3=O)cc2[C@H](C)CC1(C)C. The van der Waals surface area contributed by atoms with Crippen molar-refractivity contribution in [2.24, 2.45) is 0 Å².